The first-order chi connectivity index (χ1) is 14.6. The predicted octanol–water partition coefficient (Wildman–Crippen LogP) is 3.43. The molecule has 0 aliphatic carbocycles. The molecule has 0 atom stereocenters. The summed E-state index contributed by atoms with van der Waals surface area (Å²) in [6, 6.07) is 9.67. The summed E-state index contributed by atoms with van der Waals surface area (Å²) < 4.78 is 24.6. The van der Waals surface area contributed by atoms with Gasteiger partial charge in [0.1, 0.15) is 5.82 Å². The number of aryl methyl sites for hydroxylation is 1. The number of hydrogen-bond donors (Lipinski definition) is 1. The number of aromatic nitrogens is 1. The number of furan rings is 1. The molecule has 8 heteroatoms. The van der Waals surface area contributed by atoms with Crippen LogP contribution in [0.2, 0.25) is 0 Å². The van der Waals surface area contributed by atoms with Gasteiger partial charge in [0.25, 0.3) is 5.91 Å². The Morgan fingerprint density at radius 3 is 2.70 bits per heavy atom. The maximum Gasteiger partial charge on any atom is 0.289 e. The summed E-state index contributed by atoms with van der Waals surface area (Å²) in [5, 5.41) is 3.00. The highest BCUT2D eigenvalue weighted by molar-refractivity contribution is 5.91. The van der Waals surface area contributed by atoms with Crippen LogP contribution in [-0.2, 0) is 11.2 Å². The topological polar surface area (TPSA) is 88.6 Å². The molecule has 2 aromatic heterocycles. The normalized spacial score (nSPS) is 14.6. The number of carbonyl (C=O) groups excluding carboxylic acids is 2. The number of nitrogens with zero attached hydrogens (tertiary/aromatic N) is 2. The highest BCUT2D eigenvalue weighted by atomic mass is 19.1. The van der Waals surface area contributed by atoms with Crippen LogP contribution < -0.4 is 5.32 Å². The Bertz CT molecular complexity index is 1010. The summed E-state index contributed by atoms with van der Waals surface area (Å²) in [5.74, 6) is 0.461. The summed E-state index contributed by atoms with van der Waals surface area (Å²) >= 11 is 0. The number of likely N-dealkylation sites (tertiary alicyclic amines) is 1. The van der Waals surface area contributed by atoms with Crippen LogP contribution in [-0.4, -0.2) is 40.8 Å². The van der Waals surface area contributed by atoms with Crippen LogP contribution >= 0.6 is 0 Å². The first kappa shape index (κ1) is 19.9. The van der Waals surface area contributed by atoms with Gasteiger partial charge in [-0.15, -0.1) is 0 Å². The molecule has 1 N–H and O–H groups in total. The Hall–Kier alpha value is -3.42. The van der Waals surface area contributed by atoms with Gasteiger partial charge in [-0.1, -0.05) is 12.1 Å². The fourth-order valence-electron chi connectivity index (χ4n) is 3.51. The highest BCUT2D eigenvalue weighted by Crippen LogP contribution is 2.23. The lowest BCUT2D eigenvalue weighted by molar-refractivity contribution is -0.122. The zero-order valence-electron chi connectivity index (χ0n) is 16.3. The summed E-state index contributed by atoms with van der Waals surface area (Å²) in [7, 11) is 0. The maximum absolute atomic E-state index is 13.8. The number of oxazole rings is 1. The van der Waals surface area contributed by atoms with Crippen molar-refractivity contribution in [2.75, 3.05) is 13.1 Å². The second-order valence-electron chi connectivity index (χ2n) is 7.21. The third-order valence-electron chi connectivity index (χ3n) is 5.14. The van der Waals surface area contributed by atoms with Gasteiger partial charge < -0.3 is 19.1 Å². The Morgan fingerprint density at radius 2 is 1.97 bits per heavy atom. The molecule has 0 saturated carbocycles. The van der Waals surface area contributed by atoms with Crippen molar-refractivity contribution >= 4 is 11.8 Å². The van der Waals surface area contributed by atoms with Gasteiger partial charge in [-0.05, 0) is 37.1 Å². The summed E-state index contributed by atoms with van der Waals surface area (Å²) in [6.45, 7) is 1.13. The Balaban J connectivity index is 1.22. The van der Waals surface area contributed by atoms with Crippen LogP contribution in [0.3, 0.4) is 0 Å². The van der Waals surface area contributed by atoms with E-state index in [4.69, 9.17) is 8.83 Å². The van der Waals surface area contributed by atoms with Crippen LogP contribution in [0, 0.1) is 5.82 Å². The van der Waals surface area contributed by atoms with Crippen molar-refractivity contribution in [1.29, 1.82) is 0 Å². The van der Waals surface area contributed by atoms with E-state index < -0.39 is 0 Å². The molecule has 3 heterocycles. The molecule has 1 saturated heterocycles. The number of halogens is 1. The van der Waals surface area contributed by atoms with E-state index in [1.807, 2.05) is 0 Å². The quantitative estimate of drug-likeness (QED) is 0.671. The van der Waals surface area contributed by atoms with Crippen LogP contribution in [0.5, 0.6) is 0 Å². The Morgan fingerprint density at radius 1 is 1.17 bits per heavy atom. The summed E-state index contributed by atoms with van der Waals surface area (Å²) in [6.07, 6.45) is 4.88. The number of piperidine rings is 1. The van der Waals surface area contributed by atoms with Gasteiger partial charge in [-0.2, -0.15) is 0 Å². The minimum absolute atomic E-state index is 0.0247. The average Bonchev–Trinajstić information content (AvgIpc) is 3.45. The Labute approximate surface area is 172 Å². The molecule has 0 spiro atoms. The molecule has 0 bridgehead atoms. The van der Waals surface area contributed by atoms with Gasteiger partial charge >= 0.3 is 0 Å². The molecule has 156 valence electrons. The molecular weight excluding hydrogens is 389 g/mol. The molecule has 1 aliphatic heterocycles. The van der Waals surface area contributed by atoms with Crippen molar-refractivity contribution in [2.45, 2.75) is 31.7 Å². The van der Waals surface area contributed by atoms with Gasteiger partial charge in [-0.25, -0.2) is 9.37 Å². The van der Waals surface area contributed by atoms with E-state index in [0.29, 0.717) is 55.3 Å². The van der Waals surface area contributed by atoms with Gasteiger partial charge in [0, 0.05) is 32.0 Å². The lowest BCUT2D eigenvalue weighted by Crippen LogP contribution is -2.46. The first-order valence-corrected chi connectivity index (χ1v) is 9.92. The molecule has 0 radical (unpaired) electrons. The fourth-order valence-corrected chi connectivity index (χ4v) is 3.51. The van der Waals surface area contributed by atoms with Gasteiger partial charge in [0.2, 0.25) is 5.91 Å². The van der Waals surface area contributed by atoms with Crippen molar-refractivity contribution in [2.24, 2.45) is 0 Å². The molecular formula is C22H22FN3O4. The van der Waals surface area contributed by atoms with E-state index in [2.05, 4.69) is 10.3 Å². The van der Waals surface area contributed by atoms with Crippen molar-refractivity contribution in [1.82, 2.24) is 15.2 Å². The number of hydrogen-bond acceptors (Lipinski definition) is 5. The SMILES string of the molecule is O=C(CCc1ncc(-c2ccccc2F)o1)NC1CCN(C(=O)c2ccco2)CC1. The van der Waals surface area contributed by atoms with Crippen molar-refractivity contribution in [3.63, 3.8) is 0 Å². The monoisotopic (exact) mass is 411 g/mol. The molecule has 4 rings (SSSR count). The lowest BCUT2D eigenvalue weighted by Gasteiger charge is -2.31. The van der Waals surface area contributed by atoms with E-state index in [9.17, 15) is 14.0 Å². The minimum Gasteiger partial charge on any atom is -0.459 e. The average molecular weight is 411 g/mol. The summed E-state index contributed by atoms with van der Waals surface area (Å²) in [4.78, 5) is 30.4. The standard InChI is InChI=1S/C22H22FN3O4/c23-17-5-2-1-4-16(17)19-14-24-21(30-19)8-7-20(27)25-15-9-11-26(12-10-15)22(28)18-6-3-13-29-18/h1-6,13-15H,7-12H2,(H,25,27). The fraction of sp³-hybridized carbons (Fsp3) is 0.318. The largest absolute Gasteiger partial charge is 0.459 e. The molecule has 1 aliphatic rings. The minimum atomic E-state index is -0.380. The number of amides is 2. The molecule has 1 aromatic carbocycles. The van der Waals surface area contributed by atoms with E-state index in [-0.39, 0.29) is 30.1 Å². The van der Waals surface area contributed by atoms with Gasteiger partial charge in [0.05, 0.1) is 18.0 Å². The first-order valence-electron chi connectivity index (χ1n) is 9.92. The van der Waals surface area contributed by atoms with E-state index >= 15 is 0 Å². The van der Waals surface area contributed by atoms with E-state index in [1.165, 1.54) is 18.5 Å². The molecule has 30 heavy (non-hydrogen) atoms. The maximum atomic E-state index is 13.8. The number of benzene rings is 1. The number of carbonyl (C=O) groups is 2. The molecule has 0 unspecified atom stereocenters. The zero-order valence-corrected chi connectivity index (χ0v) is 16.3. The van der Waals surface area contributed by atoms with Gasteiger partial charge in [-0.3, -0.25) is 9.59 Å². The molecule has 1 fully saturated rings. The van der Waals surface area contributed by atoms with Crippen LogP contribution in [0.25, 0.3) is 11.3 Å². The third-order valence-corrected chi connectivity index (χ3v) is 5.14. The van der Waals surface area contributed by atoms with Crippen molar-refractivity contribution in [3.8, 4) is 11.3 Å². The van der Waals surface area contributed by atoms with Gasteiger partial charge in [0.15, 0.2) is 17.4 Å². The van der Waals surface area contributed by atoms with Crippen molar-refractivity contribution in [3.05, 3.63) is 66.3 Å². The second kappa shape index (κ2) is 8.94. The predicted molar refractivity (Wildman–Crippen MR) is 106 cm³/mol. The van der Waals surface area contributed by atoms with Crippen LogP contribution in [0.1, 0.15) is 35.7 Å². The Kier molecular flexibility index (Phi) is 5.92. The molecule has 7 nitrogen and oxygen atoms in total. The number of rotatable bonds is 6. The summed E-state index contributed by atoms with van der Waals surface area (Å²) in [5.41, 5.74) is 0.344. The highest BCUT2D eigenvalue weighted by Gasteiger charge is 2.25. The van der Waals surface area contributed by atoms with Crippen LogP contribution in [0.15, 0.2) is 57.7 Å². The molecule has 2 amide bonds. The smallest absolute Gasteiger partial charge is 0.289 e. The molecule has 3 aromatic rings. The number of nitrogens with one attached hydrogen (secondary N) is 1. The van der Waals surface area contributed by atoms with E-state index in [1.54, 1.807) is 35.2 Å². The van der Waals surface area contributed by atoms with Crippen molar-refractivity contribution < 1.29 is 22.8 Å². The second-order valence-corrected chi connectivity index (χ2v) is 7.21. The zero-order chi connectivity index (χ0) is 20.9. The van der Waals surface area contributed by atoms with E-state index in [0.717, 1.165) is 0 Å². The third kappa shape index (κ3) is 4.59. The van der Waals surface area contributed by atoms with Crippen LogP contribution in [0.4, 0.5) is 4.39 Å². The lowest BCUT2D eigenvalue weighted by atomic mass is 10.0.